The Morgan fingerprint density at radius 1 is 1.11 bits per heavy atom. The molecule has 0 radical (unpaired) electrons. The minimum atomic E-state index is -3.80. The van der Waals surface area contributed by atoms with E-state index in [-0.39, 0.29) is 17.3 Å². The standard InChI is InChI=1S/C11H15ClO5S2/c1-8-6-10(17-4-5-18(3,13)14)7-9(2)11(8)19(12,15)16/h6-7H,4-5H2,1-3H3. The summed E-state index contributed by atoms with van der Waals surface area (Å²) in [6.07, 6.45) is 1.12. The summed E-state index contributed by atoms with van der Waals surface area (Å²) < 4.78 is 50.0. The molecule has 0 unspecified atom stereocenters. The summed E-state index contributed by atoms with van der Waals surface area (Å²) in [5.41, 5.74) is 0.925. The molecular weight excluding hydrogens is 312 g/mol. The molecule has 1 aromatic rings. The first kappa shape index (κ1) is 16.3. The maximum atomic E-state index is 11.4. The summed E-state index contributed by atoms with van der Waals surface area (Å²) >= 11 is 0. The third-order valence-electron chi connectivity index (χ3n) is 2.40. The van der Waals surface area contributed by atoms with Gasteiger partial charge in [-0.3, -0.25) is 0 Å². The molecule has 0 amide bonds. The van der Waals surface area contributed by atoms with Crippen LogP contribution in [0.15, 0.2) is 17.0 Å². The van der Waals surface area contributed by atoms with E-state index in [1.165, 1.54) is 12.1 Å². The zero-order valence-corrected chi connectivity index (χ0v) is 13.2. The molecule has 0 heterocycles. The Labute approximate surface area is 117 Å². The lowest BCUT2D eigenvalue weighted by Crippen LogP contribution is -2.12. The molecule has 0 aliphatic heterocycles. The number of hydrogen-bond acceptors (Lipinski definition) is 5. The van der Waals surface area contributed by atoms with E-state index in [9.17, 15) is 16.8 Å². The van der Waals surface area contributed by atoms with Crippen LogP contribution in [0.5, 0.6) is 5.75 Å². The van der Waals surface area contributed by atoms with Crippen molar-refractivity contribution in [2.24, 2.45) is 0 Å². The van der Waals surface area contributed by atoms with Crippen molar-refractivity contribution >= 4 is 29.6 Å². The maximum absolute atomic E-state index is 11.4. The van der Waals surface area contributed by atoms with Crippen LogP contribution in [-0.4, -0.2) is 35.5 Å². The quantitative estimate of drug-likeness (QED) is 0.769. The van der Waals surface area contributed by atoms with Gasteiger partial charge in [0.2, 0.25) is 0 Å². The Hall–Kier alpha value is -0.790. The van der Waals surface area contributed by atoms with Crippen molar-refractivity contribution in [3.8, 4) is 5.75 Å². The average molecular weight is 327 g/mol. The van der Waals surface area contributed by atoms with Crippen LogP contribution >= 0.6 is 10.7 Å². The predicted molar refractivity (Wildman–Crippen MR) is 74.2 cm³/mol. The van der Waals surface area contributed by atoms with Crippen molar-refractivity contribution in [3.63, 3.8) is 0 Å². The Balaban J connectivity index is 2.97. The third kappa shape index (κ3) is 5.00. The largest absolute Gasteiger partial charge is 0.493 e. The second kappa shape index (κ2) is 5.68. The third-order valence-corrected chi connectivity index (χ3v) is 4.90. The molecule has 1 aromatic carbocycles. The van der Waals surface area contributed by atoms with E-state index in [1.54, 1.807) is 13.8 Å². The van der Waals surface area contributed by atoms with Crippen molar-refractivity contribution in [3.05, 3.63) is 23.3 Å². The summed E-state index contributed by atoms with van der Waals surface area (Å²) in [4.78, 5) is 0.0598. The number of aryl methyl sites for hydroxylation is 2. The lowest BCUT2D eigenvalue weighted by Gasteiger charge is -2.11. The maximum Gasteiger partial charge on any atom is 0.261 e. The Bertz CT molecular complexity index is 654. The fourth-order valence-corrected chi connectivity index (χ4v) is 3.69. The highest BCUT2D eigenvalue weighted by atomic mass is 35.7. The fraction of sp³-hybridized carbons (Fsp3) is 0.455. The summed E-state index contributed by atoms with van der Waals surface area (Å²) in [5, 5.41) is 0. The molecule has 0 aliphatic carbocycles. The molecule has 0 saturated heterocycles. The highest BCUT2D eigenvalue weighted by Gasteiger charge is 2.17. The van der Waals surface area contributed by atoms with Gasteiger partial charge in [-0.25, -0.2) is 16.8 Å². The van der Waals surface area contributed by atoms with Crippen molar-refractivity contribution in [2.75, 3.05) is 18.6 Å². The van der Waals surface area contributed by atoms with E-state index in [4.69, 9.17) is 15.4 Å². The van der Waals surface area contributed by atoms with Gasteiger partial charge in [0.05, 0.1) is 10.6 Å². The molecule has 1 rings (SSSR count). The van der Waals surface area contributed by atoms with E-state index in [0.29, 0.717) is 16.9 Å². The van der Waals surface area contributed by atoms with Gasteiger partial charge in [-0.15, -0.1) is 0 Å². The van der Waals surface area contributed by atoms with Crippen molar-refractivity contribution in [1.29, 1.82) is 0 Å². The van der Waals surface area contributed by atoms with Gasteiger partial charge in [0.25, 0.3) is 9.05 Å². The molecule has 5 nitrogen and oxygen atoms in total. The second-order valence-corrected chi connectivity index (χ2v) is 9.06. The molecular formula is C11H15ClO5S2. The van der Waals surface area contributed by atoms with Crippen LogP contribution in [0.2, 0.25) is 0 Å². The Kier molecular flexibility index (Phi) is 4.86. The lowest BCUT2D eigenvalue weighted by molar-refractivity contribution is 0.340. The van der Waals surface area contributed by atoms with E-state index in [1.807, 2.05) is 0 Å². The topological polar surface area (TPSA) is 77.5 Å². The fourth-order valence-electron chi connectivity index (χ4n) is 1.69. The van der Waals surface area contributed by atoms with Gasteiger partial charge in [-0.05, 0) is 37.1 Å². The van der Waals surface area contributed by atoms with Gasteiger partial charge >= 0.3 is 0 Å². The van der Waals surface area contributed by atoms with Crippen molar-refractivity contribution < 1.29 is 21.6 Å². The molecule has 0 aliphatic rings. The number of benzene rings is 1. The van der Waals surface area contributed by atoms with E-state index >= 15 is 0 Å². The molecule has 0 atom stereocenters. The highest BCUT2D eigenvalue weighted by Crippen LogP contribution is 2.28. The number of hydrogen-bond donors (Lipinski definition) is 0. The molecule has 0 fully saturated rings. The summed E-state index contributed by atoms with van der Waals surface area (Å²) in [7, 11) is -1.55. The van der Waals surface area contributed by atoms with E-state index < -0.39 is 18.9 Å². The first-order valence-electron chi connectivity index (χ1n) is 5.37. The smallest absolute Gasteiger partial charge is 0.261 e. The zero-order valence-electron chi connectivity index (χ0n) is 10.8. The van der Waals surface area contributed by atoms with Crippen LogP contribution in [0, 0.1) is 13.8 Å². The number of rotatable bonds is 5. The number of halogens is 1. The Morgan fingerprint density at radius 3 is 1.95 bits per heavy atom. The van der Waals surface area contributed by atoms with Gasteiger partial charge in [-0.2, -0.15) is 0 Å². The molecule has 8 heteroatoms. The second-order valence-electron chi connectivity index (χ2n) is 4.30. The lowest BCUT2D eigenvalue weighted by atomic mass is 10.1. The minimum Gasteiger partial charge on any atom is -0.493 e. The van der Waals surface area contributed by atoms with Gasteiger partial charge < -0.3 is 4.74 Å². The van der Waals surface area contributed by atoms with E-state index in [0.717, 1.165) is 6.26 Å². The molecule has 19 heavy (non-hydrogen) atoms. The van der Waals surface area contributed by atoms with Crippen LogP contribution < -0.4 is 4.74 Å². The van der Waals surface area contributed by atoms with Gasteiger partial charge in [-0.1, -0.05) is 0 Å². The SMILES string of the molecule is Cc1cc(OCCS(C)(=O)=O)cc(C)c1S(=O)(=O)Cl. The normalized spacial score (nSPS) is 12.4. The Morgan fingerprint density at radius 2 is 1.58 bits per heavy atom. The molecule has 0 N–H and O–H groups in total. The zero-order chi connectivity index (χ0) is 14.8. The first-order valence-corrected chi connectivity index (χ1v) is 9.74. The van der Waals surface area contributed by atoms with Gasteiger partial charge in [0.15, 0.2) is 9.84 Å². The summed E-state index contributed by atoms with van der Waals surface area (Å²) in [5.74, 6) is 0.323. The number of ether oxygens (including phenoxy) is 1. The van der Waals surface area contributed by atoms with E-state index in [2.05, 4.69) is 0 Å². The summed E-state index contributed by atoms with van der Waals surface area (Å²) in [6.45, 7) is 3.22. The van der Waals surface area contributed by atoms with Crippen molar-refractivity contribution in [2.45, 2.75) is 18.7 Å². The van der Waals surface area contributed by atoms with Gasteiger partial charge in [0.1, 0.15) is 12.4 Å². The summed E-state index contributed by atoms with van der Waals surface area (Å²) in [6, 6.07) is 3.04. The molecule has 108 valence electrons. The van der Waals surface area contributed by atoms with Crippen molar-refractivity contribution in [1.82, 2.24) is 0 Å². The number of sulfone groups is 1. The first-order chi connectivity index (χ1) is 8.50. The minimum absolute atomic E-state index is 0.0185. The molecule has 0 bridgehead atoms. The molecule has 0 spiro atoms. The highest BCUT2D eigenvalue weighted by molar-refractivity contribution is 8.13. The monoisotopic (exact) mass is 326 g/mol. The molecule has 0 saturated carbocycles. The predicted octanol–water partition coefficient (Wildman–Crippen LogP) is 1.65. The van der Waals surface area contributed by atoms with Gasteiger partial charge in [0, 0.05) is 16.9 Å². The van der Waals surface area contributed by atoms with Crippen LogP contribution in [0.4, 0.5) is 0 Å². The van der Waals surface area contributed by atoms with Crippen LogP contribution in [0.25, 0.3) is 0 Å². The van der Waals surface area contributed by atoms with Crippen LogP contribution in [0.3, 0.4) is 0 Å². The average Bonchev–Trinajstić information content (AvgIpc) is 2.11. The van der Waals surface area contributed by atoms with Crippen LogP contribution in [-0.2, 0) is 18.9 Å². The molecule has 0 aromatic heterocycles. The van der Waals surface area contributed by atoms with Crippen LogP contribution in [0.1, 0.15) is 11.1 Å².